The molecule has 42 heavy (non-hydrogen) atoms. The van der Waals surface area contributed by atoms with Crippen molar-refractivity contribution in [1.82, 2.24) is 9.80 Å². The molecule has 1 heterocycles. The quantitative estimate of drug-likeness (QED) is 0.334. The van der Waals surface area contributed by atoms with Crippen LogP contribution in [0.3, 0.4) is 0 Å². The van der Waals surface area contributed by atoms with E-state index in [-0.39, 0.29) is 59.3 Å². The maximum atomic E-state index is 16.3. The zero-order chi connectivity index (χ0) is 31.4. The highest BCUT2D eigenvalue weighted by Crippen LogP contribution is 2.54. The number of phenols is 1. The first-order valence-electron chi connectivity index (χ1n) is 14.2. The number of hydrogen-bond donors (Lipinski definition) is 5. The Balaban J connectivity index is 1.65. The highest BCUT2D eigenvalue weighted by molar-refractivity contribution is 6.24. The van der Waals surface area contributed by atoms with E-state index in [1.807, 2.05) is 0 Å². The Morgan fingerprint density at radius 2 is 1.67 bits per heavy atom. The summed E-state index contributed by atoms with van der Waals surface area (Å²) in [7, 11) is 3.06. The van der Waals surface area contributed by atoms with E-state index in [1.54, 1.807) is 0 Å². The summed E-state index contributed by atoms with van der Waals surface area (Å²) in [6.07, 6.45) is 0.637. The van der Waals surface area contributed by atoms with Gasteiger partial charge in [0.1, 0.15) is 28.7 Å². The van der Waals surface area contributed by atoms with Gasteiger partial charge in [-0.2, -0.15) is 0 Å². The molecule has 1 aliphatic heterocycles. The number of aliphatic hydroxyl groups excluding tert-OH is 2. The molecule has 1 aromatic carbocycles. The molecule has 10 nitrogen and oxygen atoms in total. The van der Waals surface area contributed by atoms with Crippen LogP contribution in [0.25, 0.3) is 5.76 Å². The summed E-state index contributed by atoms with van der Waals surface area (Å²) >= 11 is 0. The Hall–Kier alpha value is -3.28. The number of carbonyl (C=O) groups excluding carboxylic acids is 3. The number of halogens is 1. The number of likely N-dealkylation sites (N-methyl/N-ethyl adjacent to an activating group) is 1. The van der Waals surface area contributed by atoms with Crippen molar-refractivity contribution in [2.45, 2.75) is 84.2 Å². The van der Waals surface area contributed by atoms with E-state index in [0.717, 1.165) is 6.42 Å². The summed E-state index contributed by atoms with van der Waals surface area (Å²) in [5.74, 6) is -8.01. The first kappa shape index (κ1) is 30.2. The minimum absolute atomic E-state index is 0.00589. The highest BCUT2D eigenvalue weighted by Gasteiger charge is 2.64. The van der Waals surface area contributed by atoms with Crippen LogP contribution < -0.4 is 5.73 Å². The van der Waals surface area contributed by atoms with Gasteiger partial charge in [0.25, 0.3) is 5.91 Å². The van der Waals surface area contributed by atoms with Crippen molar-refractivity contribution < 1.29 is 39.2 Å². The number of carbonyl (C=O) groups is 3. The van der Waals surface area contributed by atoms with Crippen LogP contribution in [0.5, 0.6) is 5.75 Å². The molecular formula is C31H40FN3O7. The number of Topliss-reactive ketones (excluding diaryl/α,β-unsaturated/α-hetero) is 2. The monoisotopic (exact) mass is 585 g/mol. The van der Waals surface area contributed by atoms with Gasteiger partial charge in [-0.3, -0.25) is 24.2 Å². The number of ketones is 2. The third-order valence-corrected chi connectivity index (χ3v) is 9.55. The van der Waals surface area contributed by atoms with Crippen molar-refractivity contribution in [2.75, 3.05) is 14.1 Å². The lowest BCUT2D eigenvalue weighted by molar-refractivity contribution is -0.153. The molecule has 4 aliphatic rings. The average Bonchev–Trinajstić information content (AvgIpc) is 3.30. The third kappa shape index (κ3) is 4.11. The fourth-order valence-electron chi connectivity index (χ4n) is 8.05. The Kier molecular flexibility index (Phi) is 6.73. The Bertz CT molecular complexity index is 1500. The fraction of sp³-hybridized carbons (Fsp3) is 0.581. The van der Waals surface area contributed by atoms with Gasteiger partial charge >= 0.3 is 0 Å². The predicted molar refractivity (Wildman–Crippen MR) is 152 cm³/mol. The number of hydrogen-bond acceptors (Lipinski definition) is 9. The maximum absolute atomic E-state index is 16.3. The van der Waals surface area contributed by atoms with Gasteiger partial charge in [0, 0.05) is 46.8 Å². The first-order chi connectivity index (χ1) is 19.2. The Labute approximate surface area is 244 Å². The van der Waals surface area contributed by atoms with Crippen molar-refractivity contribution in [3.05, 3.63) is 45.0 Å². The highest BCUT2D eigenvalue weighted by atomic mass is 19.1. The average molecular weight is 586 g/mol. The SMILES string of the molecule is CN(C)[C@@H]1C(=O)C(C(N)=O)=C(O)[C@@]2(O)C(=O)C3=C(O)c4c(O)c5c(c(F)c4C[C@H]3C[C@@H]12)CN(C(C)(C)CC(C)(C)C)C5. The first-order valence-corrected chi connectivity index (χ1v) is 14.2. The van der Waals surface area contributed by atoms with Crippen molar-refractivity contribution in [3.63, 3.8) is 0 Å². The smallest absolute Gasteiger partial charge is 0.255 e. The van der Waals surface area contributed by atoms with E-state index in [0.29, 0.717) is 11.1 Å². The lowest BCUT2D eigenvalue weighted by Gasteiger charge is -2.50. The molecule has 6 N–H and O–H groups in total. The molecular weight excluding hydrogens is 545 g/mol. The standard InChI is InChI=1S/C31H40FN3O7/c1-29(2,3)12-30(4,5)35-10-15-16(11-35)23(36)19-14(21(15)32)8-13-9-17-22(34(6)7)25(38)20(28(33)41)27(40)31(17,42)26(39)18(13)24(19)37/h13,17,22,36-37,40,42H,8-12H2,1-7H3,(H2,33,41)/t13-,17-,22-,31-/m0/s1. The van der Waals surface area contributed by atoms with Crippen LogP contribution in [0.1, 0.15) is 69.7 Å². The summed E-state index contributed by atoms with van der Waals surface area (Å²) < 4.78 is 16.3. The predicted octanol–water partition coefficient (Wildman–Crippen LogP) is 2.63. The lowest BCUT2D eigenvalue weighted by atomic mass is 9.57. The fourth-order valence-corrected chi connectivity index (χ4v) is 8.05. The van der Waals surface area contributed by atoms with E-state index in [9.17, 15) is 34.8 Å². The third-order valence-electron chi connectivity index (χ3n) is 9.55. The Morgan fingerprint density at radius 3 is 2.21 bits per heavy atom. The second-order valence-corrected chi connectivity index (χ2v) is 14.3. The van der Waals surface area contributed by atoms with Crippen LogP contribution in [-0.2, 0) is 33.9 Å². The molecule has 1 amide bonds. The number of aliphatic hydroxyl groups is 3. The molecule has 1 aromatic rings. The van der Waals surface area contributed by atoms with Gasteiger partial charge in [-0.1, -0.05) is 20.8 Å². The molecule has 0 unspecified atom stereocenters. The number of phenolic OH excluding ortho intramolecular Hbond substituents is 1. The van der Waals surface area contributed by atoms with Crippen molar-refractivity contribution in [1.29, 1.82) is 0 Å². The number of nitrogens with zero attached hydrogens (tertiary/aromatic N) is 2. The van der Waals surface area contributed by atoms with Gasteiger partial charge in [-0.05, 0) is 58.5 Å². The molecule has 0 spiro atoms. The maximum Gasteiger partial charge on any atom is 0.255 e. The number of benzene rings is 1. The van der Waals surface area contributed by atoms with Crippen LogP contribution in [0, 0.1) is 23.1 Å². The summed E-state index contributed by atoms with van der Waals surface area (Å²) in [4.78, 5) is 42.9. The minimum atomic E-state index is -2.73. The molecule has 3 aliphatic carbocycles. The number of rotatable bonds is 4. The number of amides is 1. The van der Waals surface area contributed by atoms with Gasteiger partial charge in [0.2, 0.25) is 5.78 Å². The van der Waals surface area contributed by atoms with Crippen LogP contribution in [-0.4, -0.2) is 79.0 Å². The molecule has 0 bridgehead atoms. The second-order valence-electron chi connectivity index (χ2n) is 14.3. The Morgan fingerprint density at radius 1 is 1.07 bits per heavy atom. The molecule has 1 fully saturated rings. The van der Waals surface area contributed by atoms with Gasteiger partial charge in [0.05, 0.1) is 11.6 Å². The zero-order valence-corrected chi connectivity index (χ0v) is 25.1. The second kappa shape index (κ2) is 9.36. The van der Waals surface area contributed by atoms with Crippen LogP contribution >= 0.6 is 0 Å². The van der Waals surface area contributed by atoms with E-state index in [4.69, 9.17) is 5.73 Å². The van der Waals surface area contributed by atoms with E-state index >= 15 is 4.39 Å². The summed E-state index contributed by atoms with van der Waals surface area (Å²) in [6.45, 7) is 11.0. The molecule has 0 aromatic heterocycles. The normalized spacial score (nSPS) is 28.2. The summed E-state index contributed by atoms with van der Waals surface area (Å²) in [6, 6.07) is -1.20. The van der Waals surface area contributed by atoms with Crippen molar-refractivity contribution in [3.8, 4) is 5.75 Å². The van der Waals surface area contributed by atoms with E-state index in [1.165, 1.54) is 19.0 Å². The van der Waals surface area contributed by atoms with Crippen molar-refractivity contribution >= 4 is 23.2 Å². The lowest BCUT2D eigenvalue weighted by Crippen LogP contribution is -2.65. The summed E-state index contributed by atoms with van der Waals surface area (Å²) in [5.41, 5.74) is 1.64. The van der Waals surface area contributed by atoms with Crippen LogP contribution in [0.4, 0.5) is 4.39 Å². The number of nitrogens with two attached hydrogens (primary N) is 1. The van der Waals surface area contributed by atoms with Gasteiger partial charge in [-0.15, -0.1) is 0 Å². The van der Waals surface area contributed by atoms with Gasteiger partial charge in [-0.25, -0.2) is 4.39 Å². The van der Waals surface area contributed by atoms with Crippen molar-refractivity contribution in [2.24, 2.45) is 23.0 Å². The van der Waals surface area contributed by atoms with Crippen LogP contribution in [0.15, 0.2) is 16.9 Å². The molecule has 5 rings (SSSR count). The molecule has 228 valence electrons. The minimum Gasteiger partial charge on any atom is -0.508 e. The number of aromatic hydroxyl groups is 1. The largest absolute Gasteiger partial charge is 0.508 e. The zero-order valence-electron chi connectivity index (χ0n) is 25.1. The van der Waals surface area contributed by atoms with E-state index < -0.39 is 63.9 Å². The van der Waals surface area contributed by atoms with E-state index in [2.05, 4.69) is 39.5 Å². The molecule has 0 saturated heterocycles. The van der Waals surface area contributed by atoms with Crippen LogP contribution in [0.2, 0.25) is 0 Å². The molecule has 0 radical (unpaired) electrons. The molecule has 4 atom stereocenters. The number of fused-ring (bicyclic) bond motifs is 4. The topological polar surface area (TPSA) is 165 Å². The van der Waals surface area contributed by atoms with Gasteiger partial charge in [0.15, 0.2) is 11.4 Å². The van der Waals surface area contributed by atoms with Gasteiger partial charge < -0.3 is 26.2 Å². The molecule has 11 heteroatoms. The summed E-state index contributed by atoms with van der Waals surface area (Å²) in [5, 5.41) is 45.6. The number of primary amides is 1. The molecule has 1 saturated carbocycles.